The summed E-state index contributed by atoms with van der Waals surface area (Å²) in [6.07, 6.45) is 6.77. The summed E-state index contributed by atoms with van der Waals surface area (Å²) in [7, 11) is 0. The molecule has 3 amide bonds. The van der Waals surface area contributed by atoms with Crippen molar-refractivity contribution in [2.75, 3.05) is 18.4 Å². The monoisotopic (exact) mass is 417 g/mol. The second-order valence-electron chi connectivity index (χ2n) is 8.11. The van der Waals surface area contributed by atoms with Crippen molar-refractivity contribution in [2.24, 2.45) is 0 Å². The number of benzene rings is 1. The van der Waals surface area contributed by atoms with E-state index >= 15 is 0 Å². The molecule has 3 heterocycles. The van der Waals surface area contributed by atoms with Crippen molar-refractivity contribution in [3.8, 4) is 11.1 Å². The molecule has 4 rings (SSSR count). The Balaban J connectivity index is 1.57. The van der Waals surface area contributed by atoms with E-state index in [0.29, 0.717) is 13.1 Å². The number of H-pyrrole nitrogens is 1. The molecule has 0 saturated heterocycles. The summed E-state index contributed by atoms with van der Waals surface area (Å²) in [5.41, 5.74) is 6.00. The fourth-order valence-corrected chi connectivity index (χ4v) is 3.81. The van der Waals surface area contributed by atoms with E-state index in [2.05, 4.69) is 32.7 Å². The lowest BCUT2D eigenvalue weighted by Crippen LogP contribution is -2.44. The van der Waals surface area contributed by atoms with Crippen molar-refractivity contribution >= 4 is 34.2 Å². The number of urea groups is 1. The molecule has 0 fully saturated rings. The maximum absolute atomic E-state index is 12.2. The van der Waals surface area contributed by atoms with Crippen molar-refractivity contribution in [2.45, 2.75) is 33.2 Å². The number of carbonyl (C=O) groups is 2. The third-order valence-corrected chi connectivity index (χ3v) is 5.32. The van der Waals surface area contributed by atoms with Gasteiger partial charge in [0.15, 0.2) is 0 Å². The first-order valence-electron chi connectivity index (χ1n) is 10.5. The number of hydrogen-bond acceptors (Lipinski definition) is 3. The fraction of sp³-hybridized carbons (Fsp3) is 0.292. The van der Waals surface area contributed by atoms with Gasteiger partial charge >= 0.3 is 6.03 Å². The molecule has 0 atom stereocenters. The van der Waals surface area contributed by atoms with Crippen molar-refractivity contribution in [1.29, 1.82) is 0 Å². The number of nitrogens with zero attached hydrogens (tertiary/aromatic N) is 2. The van der Waals surface area contributed by atoms with Crippen LogP contribution in [0.1, 0.15) is 32.8 Å². The first-order valence-corrected chi connectivity index (χ1v) is 10.5. The van der Waals surface area contributed by atoms with E-state index in [1.807, 2.05) is 55.4 Å². The number of rotatable bonds is 4. The summed E-state index contributed by atoms with van der Waals surface area (Å²) in [6, 6.07) is 9.98. The number of fused-ring (bicyclic) bond motifs is 1. The van der Waals surface area contributed by atoms with Crippen LogP contribution < -0.4 is 10.6 Å². The van der Waals surface area contributed by atoms with Gasteiger partial charge < -0.3 is 20.5 Å². The van der Waals surface area contributed by atoms with Gasteiger partial charge in [-0.15, -0.1) is 0 Å². The number of aromatic amines is 1. The predicted octanol–water partition coefficient (Wildman–Crippen LogP) is 4.40. The van der Waals surface area contributed by atoms with Crippen molar-refractivity contribution < 1.29 is 9.59 Å². The van der Waals surface area contributed by atoms with Crippen LogP contribution in [0, 0.1) is 0 Å². The minimum absolute atomic E-state index is 0.0177. The van der Waals surface area contributed by atoms with Crippen LogP contribution >= 0.6 is 0 Å². The van der Waals surface area contributed by atoms with Gasteiger partial charge in [0.1, 0.15) is 5.65 Å². The van der Waals surface area contributed by atoms with Crippen LogP contribution in [0.25, 0.3) is 27.7 Å². The van der Waals surface area contributed by atoms with Gasteiger partial charge in [0.2, 0.25) is 5.91 Å². The lowest BCUT2D eigenvalue weighted by atomic mass is 9.98. The van der Waals surface area contributed by atoms with Crippen LogP contribution in [0.5, 0.6) is 0 Å². The molecule has 1 aliphatic rings. The summed E-state index contributed by atoms with van der Waals surface area (Å²) < 4.78 is 0. The molecule has 31 heavy (non-hydrogen) atoms. The molecule has 0 unspecified atom stereocenters. The Hall–Kier alpha value is -3.61. The van der Waals surface area contributed by atoms with Gasteiger partial charge in [-0.25, -0.2) is 9.78 Å². The molecule has 3 N–H and O–H groups in total. The maximum atomic E-state index is 12.2. The Labute approximate surface area is 181 Å². The number of amides is 3. The van der Waals surface area contributed by atoms with E-state index in [0.717, 1.165) is 39.8 Å². The summed E-state index contributed by atoms with van der Waals surface area (Å²) in [5, 5.41) is 6.80. The summed E-state index contributed by atoms with van der Waals surface area (Å²) >= 11 is 0. The average Bonchev–Trinajstić information content (AvgIpc) is 3.17. The second kappa shape index (κ2) is 8.63. The zero-order valence-electron chi connectivity index (χ0n) is 18.0. The normalized spacial score (nSPS) is 13.9. The van der Waals surface area contributed by atoms with Gasteiger partial charge in [-0.3, -0.25) is 4.79 Å². The largest absolute Gasteiger partial charge is 0.346 e. The molecule has 7 heteroatoms. The third-order valence-electron chi connectivity index (χ3n) is 5.32. The molecule has 160 valence electrons. The number of carbonyl (C=O) groups excluding carboxylic acids is 2. The number of hydrogen-bond donors (Lipinski definition) is 3. The smallest absolute Gasteiger partial charge is 0.317 e. The van der Waals surface area contributed by atoms with E-state index in [1.165, 1.54) is 12.5 Å². The highest BCUT2D eigenvalue weighted by Gasteiger charge is 2.20. The van der Waals surface area contributed by atoms with Gasteiger partial charge in [0.25, 0.3) is 0 Å². The third kappa shape index (κ3) is 4.60. The average molecular weight is 418 g/mol. The number of aromatic nitrogens is 2. The minimum Gasteiger partial charge on any atom is -0.346 e. The Bertz CT molecular complexity index is 1140. The van der Waals surface area contributed by atoms with Crippen molar-refractivity contribution in [3.05, 3.63) is 54.4 Å². The summed E-state index contributed by atoms with van der Waals surface area (Å²) in [5.74, 6) is -0.0891. The molecule has 1 aliphatic heterocycles. The van der Waals surface area contributed by atoms with Crippen molar-refractivity contribution in [1.82, 2.24) is 20.2 Å². The quantitative estimate of drug-likeness (QED) is 0.588. The van der Waals surface area contributed by atoms with Crippen LogP contribution in [0.4, 0.5) is 10.5 Å². The Morgan fingerprint density at radius 2 is 1.94 bits per heavy atom. The number of nitrogens with one attached hydrogen (secondary N) is 3. The summed E-state index contributed by atoms with van der Waals surface area (Å²) in [4.78, 5) is 33.2. The molecule has 0 saturated carbocycles. The highest BCUT2D eigenvalue weighted by atomic mass is 16.2. The molecule has 3 aromatic rings. The first kappa shape index (κ1) is 20.7. The molecule has 1 aromatic carbocycles. The van der Waals surface area contributed by atoms with E-state index in [9.17, 15) is 9.59 Å². The molecular formula is C24H27N5O2. The lowest BCUT2D eigenvalue weighted by Gasteiger charge is -2.27. The van der Waals surface area contributed by atoms with Gasteiger partial charge in [0, 0.05) is 60.6 Å². The van der Waals surface area contributed by atoms with Crippen LogP contribution in [0.2, 0.25) is 0 Å². The first-order chi connectivity index (χ1) is 14.9. The van der Waals surface area contributed by atoms with E-state index < -0.39 is 0 Å². The van der Waals surface area contributed by atoms with Crippen LogP contribution in [-0.2, 0) is 4.79 Å². The molecular weight excluding hydrogens is 390 g/mol. The Morgan fingerprint density at radius 1 is 1.16 bits per heavy atom. The van der Waals surface area contributed by atoms with Gasteiger partial charge in [-0.1, -0.05) is 18.2 Å². The van der Waals surface area contributed by atoms with Gasteiger partial charge in [-0.05, 0) is 49.6 Å². The number of anilines is 1. The highest BCUT2D eigenvalue weighted by Crippen LogP contribution is 2.31. The highest BCUT2D eigenvalue weighted by molar-refractivity contribution is 5.94. The summed E-state index contributed by atoms with van der Waals surface area (Å²) in [6.45, 7) is 6.71. The van der Waals surface area contributed by atoms with Crippen LogP contribution in [0.3, 0.4) is 0 Å². The predicted molar refractivity (Wildman–Crippen MR) is 124 cm³/mol. The SMILES string of the molecule is CC(=O)Nc1ccc(-c2cnc3[nH]cc(C4=CCN(C(=O)NC(C)C)CC4)c3c2)cc1. The Morgan fingerprint density at radius 3 is 2.58 bits per heavy atom. The van der Waals surface area contributed by atoms with E-state index in [1.54, 1.807) is 0 Å². The zero-order chi connectivity index (χ0) is 22.0. The van der Waals surface area contributed by atoms with Crippen molar-refractivity contribution in [3.63, 3.8) is 0 Å². The zero-order valence-corrected chi connectivity index (χ0v) is 18.0. The molecule has 0 bridgehead atoms. The molecule has 0 radical (unpaired) electrons. The van der Waals surface area contributed by atoms with E-state index in [-0.39, 0.29) is 18.0 Å². The minimum atomic E-state index is -0.0891. The molecule has 0 spiro atoms. The van der Waals surface area contributed by atoms with Crippen LogP contribution in [0.15, 0.2) is 48.8 Å². The standard InChI is InChI=1S/C24H27N5O2/c1-15(2)27-24(31)29-10-8-18(9-11-29)22-14-26-23-21(22)12-19(13-25-23)17-4-6-20(7-5-17)28-16(3)30/h4-8,12-15H,9-11H2,1-3H3,(H,25,26)(H,27,31)(H,28,30). The maximum Gasteiger partial charge on any atom is 0.317 e. The molecule has 7 nitrogen and oxygen atoms in total. The number of pyridine rings is 1. The topological polar surface area (TPSA) is 90.1 Å². The van der Waals surface area contributed by atoms with Gasteiger partial charge in [0.05, 0.1) is 0 Å². The van der Waals surface area contributed by atoms with Crippen LogP contribution in [-0.4, -0.2) is 45.9 Å². The Kier molecular flexibility index (Phi) is 5.75. The fourth-order valence-electron chi connectivity index (χ4n) is 3.81. The lowest BCUT2D eigenvalue weighted by molar-refractivity contribution is -0.114. The molecule has 2 aromatic heterocycles. The van der Waals surface area contributed by atoms with E-state index in [4.69, 9.17) is 0 Å². The van der Waals surface area contributed by atoms with Gasteiger partial charge in [-0.2, -0.15) is 0 Å². The molecule has 0 aliphatic carbocycles. The second-order valence-corrected chi connectivity index (χ2v) is 8.11.